The molecular weight excluding hydrogens is 294 g/mol. The predicted molar refractivity (Wildman–Crippen MR) is 78.0 cm³/mol. The number of carbonyl (C=O) groups excluding carboxylic acids is 2. The molecule has 0 unspecified atom stereocenters. The number of benzene rings is 1. The highest BCUT2D eigenvalue weighted by Crippen LogP contribution is 2.27. The Morgan fingerprint density at radius 2 is 2.14 bits per heavy atom. The van der Waals surface area contributed by atoms with Crippen molar-refractivity contribution in [3.05, 3.63) is 40.4 Å². The van der Waals surface area contributed by atoms with Crippen LogP contribution in [0, 0.1) is 11.8 Å². The van der Waals surface area contributed by atoms with Gasteiger partial charge >= 0.3 is 5.97 Å². The van der Waals surface area contributed by atoms with Crippen LogP contribution in [0.25, 0.3) is 0 Å². The number of nitrogens with zero attached hydrogens (tertiary/aromatic N) is 2. The second kappa shape index (κ2) is 6.23. The first-order valence-corrected chi connectivity index (χ1v) is 6.71. The molecule has 1 N–H and O–H groups in total. The number of carbonyl (C=O) groups is 2. The molecule has 1 aromatic carbocycles. The van der Waals surface area contributed by atoms with E-state index in [1.807, 2.05) is 6.92 Å². The third-order valence-corrected chi connectivity index (χ3v) is 3.23. The average Bonchev–Trinajstić information content (AvgIpc) is 2.88. The molecule has 1 amide bonds. The minimum Gasteiger partial charge on any atom is -0.426 e. The summed E-state index contributed by atoms with van der Waals surface area (Å²) in [5.74, 6) is -0.841. The summed E-state index contributed by atoms with van der Waals surface area (Å²) in [6.07, 6.45) is 1.26. The molecule has 0 radical (unpaired) electrons. The number of anilines is 1. The zero-order valence-corrected chi connectivity index (χ0v) is 12.1. The largest absolute Gasteiger partial charge is 0.426 e. The van der Waals surface area contributed by atoms with Gasteiger partial charge in [0.2, 0.25) is 0 Å². The Balaban J connectivity index is 2.26. The summed E-state index contributed by atoms with van der Waals surface area (Å²) in [5, 5.41) is 5.66. The molecule has 0 aliphatic rings. The number of thiazole rings is 1. The Kier molecular flexibility index (Phi) is 4.39. The van der Waals surface area contributed by atoms with Crippen LogP contribution in [0.1, 0.15) is 22.8 Å². The van der Waals surface area contributed by atoms with Crippen LogP contribution in [0.15, 0.2) is 29.6 Å². The zero-order valence-electron chi connectivity index (χ0n) is 11.2. The van der Waals surface area contributed by atoms with E-state index < -0.39 is 11.9 Å². The first kappa shape index (κ1) is 14.8. The SMILES string of the molecule is CC(=O)Oc1ccc(C)cc1C(=O)Nc1ncc(N=O)s1. The minimum absolute atomic E-state index is 0.162. The number of aryl methyl sites for hydroxylation is 1. The fourth-order valence-corrected chi connectivity index (χ4v) is 2.19. The highest BCUT2D eigenvalue weighted by molar-refractivity contribution is 7.19. The van der Waals surface area contributed by atoms with Gasteiger partial charge in [0.05, 0.1) is 11.8 Å². The molecule has 1 heterocycles. The highest BCUT2D eigenvalue weighted by Gasteiger charge is 2.16. The molecule has 0 saturated heterocycles. The summed E-state index contributed by atoms with van der Waals surface area (Å²) in [5.41, 5.74) is 1.05. The smallest absolute Gasteiger partial charge is 0.308 e. The van der Waals surface area contributed by atoms with Crippen molar-refractivity contribution in [1.82, 2.24) is 4.98 Å². The van der Waals surface area contributed by atoms with Gasteiger partial charge in [-0.25, -0.2) is 4.98 Å². The maximum absolute atomic E-state index is 12.2. The Labute approximate surface area is 123 Å². The summed E-state index contributed by atoms with van der Waals surface area (Å²) < 4.78 is 5.00. The molecular formula is C13H11N3O4S. The van der Waals surface area contributed by atoms with Crippen LogP contribution < -0.4 is 10.1 Å². The number of nitrogens with one attached hydrogen (secondary N) is 1. The van der Waals surface area contributed by atoms with Gasteiger partial charge in [0, 0.05) is 6.92 Å². The lowest BCUT2D eigenvalue weighted by Crippen LogP contribution is -2.15. The highest BCUT2D eigenvalue weighted by atomic mass is 32.1. The number of aromatic nitrogens is 1. The van der Waals surface area contributed by atoms with Crippen molar-refractivity contribution in [3.8, 4) is 5.75 Å². The number of ether oxygens (including phenoxy) is 1. The fourth-order valence-electron chi connectivity index (χ4n) is 1.60. The summed E-state index contributed by atoms with van der Waals surface area (Å²) in [6, 6.07) is 4.87. The Hall–Kier alpha value is -2.61. The van der Waals surface area contributed by atoms with E-state index in [1.165, 1.54) is 13.1 Å². The summed E-state index contributed by atoms with van der Waals surface area (Å²) in [6.45, 7) is 3.07. The van der Waals surface area contributed by atoms with E-state index in [0.29, 0.717) is 0 Å². The van der Waals surface area contributed by atoms with Gasteiger partial charge in [-0.1, -0.05) is 23.0 Å². The first-order chi connectivity index (χ1) is 9.99. The predicted octanol–water partition coefficient (Wildman–Crippen LogP) is 3.03. The van der Waals surface area contributed by atoms with Crippen molar-refractivity contribution in [1.29, 1.82) is 0 Å². The molecule has 0 aliphatic carbocycles. The molecule has 0 aliphatic heterocycles. The van der Waals surface area contributed by atoms with E-state index in [0.717, 1.165) is 16.9 Å². The monoisotopic (exact) mass is 305 g/mol. The molecule has 0 bridgehead atoms. The molecule has 8 heteroatoms. The molecule has 0 saturated carbocycles. The van der Waals surface area contributed by atoms with Gasteiger partial charge in [-0.2, -0.15) is 0 Å². The molecule has 0 fully saturated rings. The van der Waals surface area contributed by atoms with Gasteiger partial charge < -0.3 is 4.74 Å². The first-order valence-electron chi connectivity index (χ1n) is 5.89. The third-order valence-electron chi connectivity index (χ3n) is 2.44. The zero-order chi connectivity index (χ0) is 15.4. The quantitative estimate of drug-likeness (QED) is 0.532. The van der Waals surface area contributed by atoms with Crippen molar-refractivity contribution >= 4 is 33.3 Å². The number of hydrogen-bond acceptors (Lipinski definition) is 7. The van der Waals surface area contributed by atoms with Crippen LogP contribution in [-0.2, 0) is 4.79 Å². The topological polar surface area (TPSA) is 97.7 Å². The molecule has 108 valence electrons. The van der Waals surface area contributed by atoms with E-state index in [9.17, 15) is 14.5 Å². The van der Waals surface area contributed by atoms with Gasteiger partial charge in [0.25, 0.3) is 5.91 Å². The lowest BCUT2D eigenvalue weighted by atomic mass is 10.1. The van der Waals surface area contributed by atoms with Gasteiger partial charge in [0.1, 0.15) is 5.75 Å². The van der Waals surface area contributed by atoms with Crippen molar-refractivity contribution in [2.24, 2.45) is 5.18 Å². The molecule has 0 atom stereocenters. The Morgan fingerprint density at radius 3 is 2.76 bits per heavy atom. The van der Waals surface area contributed by atoms with E-state index in [4.69, 9.17) is 4.74 Å². The molecule has 2 rings (SSSR count). The van der Waals surface area contributed by atoms with Gasteiger partial charge in [0.15, 0.2) is 10.1 Å². The lowest BCUT2D eigenvalue weighted by Gasteiger charge is -2.09. The number of nitroso groups, excluding NO2 is 1. The number of esters is 1. The van der Waals surface area contributed by atoms with E-state index in [2.05, 4.69) is 15.5 Å². The van der Waals surface area contributed by atoms with Crippen molar-refractivity contribution in [2.45, 2.75) is 13.8 Å². The third kappa shape index (κ3) is 3.69. The summed E-state index contributed by atoms with van der Waals surface area (Å²) in [7, 11) is 0. The van der Waals surface area contributed by atoms with E-state index >= 15 is 0 Å². The van der Waals surface area contributed by atoms with E-state index in [-0.39, 0.29) is 21.4 Å². The standard InChI is InChI=1S/C13H11N3O4S/c1-7-3-4-10(20-8(2)17)9(5-7)12(18)15-13-14-6-11(16-19)21-13/h3-6H,1-2H3,(H,14,15,18). The Morgan fingerprint density at radius 1 is 1.38 bits per heavy atom. The minimum atomic E-state index is -0.519. The number of amides is 1. The Bertz CT molecular complexity index is 711. The normalized spacial score (nSPS) is 10.0. The summed E-state index contributed by atoms with van der Waals surface area (Å²) in [4.78, 5) is 37.5. The molecule has 1 aromatic heterocycles. The van der Waals surface area contributed by atoms with Crippen LogP contribution in [0.4, 0.5) is 10.1 Å². The molecule has 0 spiro atoms. The van der Waals surface area contributed by atoms with Gasteiger partial charge in [-0.15, -0.1) is 4.91 Å². The van der Waals surface area contributed by atoms with E-state index in [1.54, 1.807) is 18.2 Å². The van der Waals surface area contributed by atoms with Crippen LogP contribution >= 0.6 is 11.3 Å². The fraction of sp³-hybridized carbons (Fsp3) is 0.154. The molecule has 21 heavy (non-hydrogen) atoms. The second-order valence-corrected chi connectivity index (χ2v) is 5.15. The van der Waals surface area contributed by atoms with Crippen molar-refractivity contribution in [3.63, 3.8) is 0 Å². The molecule has 7 nitrogen and oxygen atoms in total. The van der Waals surface area contributed by atoms with Gasteiger partial charge in [-0.05, 0) is 24.2 Å². The van der Waals surface area contributed by atoms with Crippen LogP contribution in [-0.4, -0.2) is 16.9 Å². The summed E-state index contributed by atoms with van der Waals surface area (Å²) >= 11 is 0.950. The van der Waals surface area contributed by atoms with Crippen LogP contribution in [0.3, 0.4) is 0 Å². The van der Waals surface area contributed by atoms with Crippen molar-refractivity contribution in [2.75, 3.05) is 5.32 Å². The number of rotatable bonds is 4. The average molecular weight is 305 g/mol. The number of hydrogen-bond donors (Lipinski definition) is 1. The maximum Gasteiger partial charge on any atom is 0.308 e. The maximum atomic E-state index is 12.2. The van der Waals surface area contributed by atoms with Crippen LogP contribution in [0.2, 0.25) is 0 Å². The lowest BCUT2D eigenvalue weighted by molar-refractivity contribution is -0.131. The van der Waals surface area contributed by atoms with Crippen molar-refractivity contribution < 1.29 is 14.3 Å². The van der Waals surface area contributed by atoms with Crippen LogP contribution in [0.5, 0.6) is 5.75 Å². The second-order valence-electron chi connectivity index (χ2n) is 4.14. The molecule has 2 aromatic rings. The van der Waals surface area contributed by atoms with Gasteiger partial charge in [-0.3, -0.25) is 14.9 Å².